The molecule has 3 nitrogen and oxygen atoms in total. The van der Waals surface area contributed by atoms with Gasteiger partial charge in [-0.25, -0.2) is 0 Å². The van der Waals surface area contributed by atoms with Gasteiger partial charge in [0.25, 0.3) is 5.91 Å². The van der Waals surface area contributed by atoms with E-state index in [2.05, 4.69) is 24.1 Å². The molecule has 0 fully saturated rings. The monoisotopic (exact) mass is 224 g/mol. The fraction of sp³-hybridized carbons (Fsp3) is 0.455. The fourth-order valence-corrected chi connectivity index (χ4v) is 1.28. The summed E-state index contributed by atoms with van der Waals surface area (Å²) in [6.07, 6.45) is 1.71. The van der Waals surface area contributed by atoms with E-state index in [0.29, 0.717) is 16.1 Å². The van der Waals surface area contributed by atoms with Gasteiger partial charge in [0.15, 0.2) is 0 Å². The maximum atomic E-state index is 11.8. The number of amides is 1. The predicted molar refractivity (Wildman–Crippen MR) is 63.4 cm³/mol. The van der Waals surface area contributed by atoms with Crippen LogP contribution in [0, 0.1) is 10.6 Å². The summed E-state index contributed by atoms with van der Waals surface area (Å²) >= 11 is 5.03. The van der Waals surface area contributed by atoms with Crippen molar-refractivity contribution < 1.29 is 4.79 Å². The second-order valence-electron chi connectivity index (χ2n) is 3.92. The van der Waals surface area contributed by atoms with E-state index in [0.717, 1.165) is 0 Å². The average Bonchev–Trinajstić information content (AvgIpc) is 2.18. The first-order chi connectivity index (χ1) is 7.02. The lowest BCUT2D eigenvalue weighted by molar-refractivity contribution is 0.0929. The van der Waals surface area contributed by atoms with Crippen molar-refractivity contribution in [2.75, 3.05) is 0 Å². The molecule has 0 saturated carbocycles. The molecule has 1 rings (SSSR count). The summed E-state index contributed by atoms with van der Waals surface area (Å²) < 4.78 is 0.478. The lowest BCUT2D eigenvalue weighted by Gasteiger charge is -2.17. The lowest BCUT2D eigenvalue weighted by atomic mass is 10.1. The van der Waals surface area contributed by atoms with Crippen LogP contribution in [0.25, 0.3) is 0 Å². The summed E-state index contributed by atoms with van der Waals surface area (Å²) in [5, 5.41) is 2.91. The molecule has 0 radical (unpaired) electrons. The molecular weight excluding hydrogens is 208 g/mol. The Morgan fingerprint density at radius 3 is 2.67 bits per heavy atom. The highest BCUT2D eigenvalue weighted by Gasteiger charge is 2.13. The molecule has 0 spiro atoms. The lowest BCUT2D eigenvalue weighted by Crippen LogP contribution is -2.36. The zero-order valence-corrected chi connectivity index (χ0v) is 10.0. The average molecular weight is 224 g/mol. The molecule has 1 heterocycles. The third-order valence-electron chi connectivity index (χ3n) is 2.42. The number of hydrogen-bond acceptors (Lipinski definition) is 2. The van der Waals surface area contributed by atoms with Gasteiger partial charge in [-0.3, -0.25) is 4.79 Å². The van der Waals surface area contributed by atoms with Crippen LogP contribution in [0.3, 0.4) is 0 Å². The normalized spacial score (nSPS) is 12.5. The maximum absolute atomic E-state index is 11.8. The van der Waals surface area contributed by atoms with Gasteiger partial charge < -0.3 is 10.3 Å². The Morgan fingerprint density at radius 1 is 1.47 bits per heavy atom. The van der Waals surface area contributed by atoms with Crippen molar-refractivity contribution in [1.82, 2.24) is 10.3 Å². The van der Waals surface area contributed by atoms with Crippen molar-refractivity contribution in [1.29, 1.82) is 0 Å². The van der Waals surface area contributed by atoms with Crippen molar-refractivity contribution in [2.45, 2.75) is 26.8 Å². The van der Waals surface area contributed by atoms with E-state index < -0.39 is 0 Å². The SMILES string of the molecule is CC(C)C(C)NC(=O)c1ccc[nH]c1=S. The minimum atomic E-state index is -0.113. The maximum Gasteiger partial charge on any atom is 0.254 e. The van der Waals surface area contributed by atoms with Crippen LogP contribution in [0.15, 0.2) is 18.3 Å². The molecule has 1 unspecified atom stereocenters. The van der Waals surface area contributed by atoms with Crippen molar-refractivity contribution in [3.63, 3.8) is 0 Å². The highest BCUT2D eigenvalue weighted by molar-refractivity contribution is 7.71. The molecule has 82 valence electrons. The molecule has 15 heavy (non-hydrogen) atoms. The topological polar surface area (TPSA) is 44.9 Å². The van der Waals surface area contributed by atoms with Crippen LogP contribution in [0.4, 0.5) is 0 Å². The standard InChI is InChI=1S/C11H16N2OS/c1-7(2)8(3)13-10(14)9-5-4-6-12-11(9)15/h4-8H,1-3H3,(H,12,15)(H,13,14). The molecule has 0 aromatic carbocycles. The minimum Gasteiger partial charge on any atom is -0.352 e. The summed E-state index contributed by atoms with van der Waals surface area (Å²) in [5.74, 6) is 0.299. The fourth-order valence-electron chi connectivity index (χ4n) is 1.05. The van der Waals surface area contributed by atoms with Gasteiger partial charge >= 0.3 is 0 Å². The predicted octanol–water partition coefficient (Wildman–Crippen LogP) is 2.52. The second kappa shape index (κ2) is 5.07. The van der Waals surface area contributed by atoms with Crippen LogP contribution < -0.4 is 5.32 Å². The molecule has 1 aromatic heterocycles. The Hall–Kier alpha value is -1.16. The summed E-state index contributed by atoms with van der Waals surface area (Å²) in [6.45, 7) is 6.12. The summed E-state index contributed by atoms with van der Waals surface area (Å²) in [5.41, 5.74) is 0.528. The molecule has 2 N–H and O–H groups in total. The first-order valence-corrected chi connectivity index (χ1v) is 5.41. The zero-order valence-electron chi connectivity index (χ0n) is 9.20. The van der Waals surface area contributed by atoms with Crippen LogP contribution >= 0.6 is 12.2 Å². The highest BCUT2D eigenvalue weighted by atomic mass is 32.1. The second-order valence-corrected chi connectivity index (χ2v) is 4.33. The van der Waals surface area contributed by atoms with Crippen molar-refractivity contribution >= 4 is 18.1 Å². The van der Waals surface area contributed by atoms with E-state index in [1.165, 1.54) is 0 Å². The van der Waals surface area contributed by atoms with Gasteiger partial charge in [-0.1, -0.05) is 26.1 Å². The van der Waals surface area contributed by atoms with E-state index in [4.69, 9.17) is 12.2 Å². The first kappa shape index (κ1) is 11.9. The largest absolute Gasteiger partial charge is 0.352 e. The number of rotatable bonds is 3. The van der Waals surface area contributed by atoms with Gasteiger partial charge in [0.1, 0.15) is 4.64 Å². The Kier molecular flexibility index (Phi) is 4.03. The number of pyridine rings is 1. The summed E-state index contributed by atoms with van der Waals surface area (Å²) in [6, 6.07) is 3.64. The molecule has 0 bridgehead atoms. The number of carbonyl (C=O) groups is 1. The number of H-pyrrole nitrogens is 1. The summed E-state index contributed by atoms with van der Waals surface area (Å²) in [4.78, 5) is 14.6. The van der Waals surface area contributed by atoms with E-state index in [9.17, 15) is 4.79 Å². The molecule has 4 heteroatoms. The van der Waals surface area contributed by atoms with Crippen LogP contribution in [0.1, 0.15) is 31.1 Å². The van der Waals surface area contributed by atoms with Crippen LogP contribution in [0.5, 0.6) is 0 Å². The molecule has 0 aliphatic rings. The molecule has 1 atom stereocenters. The van der Waals surface area contributed by atoms with Crippen molar-refractivity contribution in [2.24, 2.45) is 5.92 Å². The Balaban J connectivity index is 2.79. The number of nitrogens with one attached hydrogen (secondary N) is 2. The molecule has 1 amide bonds. The number of aromatic nitrogens is 1. The molecule has 0 saturated heterocycles. The quantitative estimate of drug-likeness (QED) is 0.775. The van der Waals surface area contributed by atoms with Gasteiger partial charge in [0, 0.05) is 12.2 Å². The van der Waals surface area contributed by atoms with Gasteiger partial charge in [0.05, 0.1) is 5.56 Å². The molecule has 0 aliphatic carbocycles. The van der Waals surface area contributed by atoms with Gasteiger partial charge in [-0.15, -0.1) is 0 Å². The Labute approximate surface area is 94.9 Å². The molecule has 0 aliphatic heterocycles. The van der Waals surface area contributed by atoms with Crippen LogP contribution in [-0.2, 0) is 0 Å². The van der Waals surface area contributed by atoms with Crippen molar-refractivity contribution in [3.05, 3.63) is 28.5 Å². The van der Waals surface area contributed by atoms with Gasteiger partial charge in [-0.05, 0) is 25.0 Å². The molecule has 1 aromatic rings. The van der Waals surface area contributed by atoms with Gasteiger partial charge in [-0.2, -0.15) is 0 Å². The highest BCUT2D eigenvalue weighted by Crippen LogP contribution is 2.04. The van der Waals surface area contributed by atoms with E-state index in [1.54, 1.807) is 18.3 Å². The van der Waals surface area contributed by atoms with Crippen LogP contribution in [0.2, 0.25) is 0 Å². The molecular formula is C11H16N2OS. The minimum absolute atomic E-state index is 0.113. The third kappa shape index (κ3) is 3.16. The zero-order chi connectivity index (χ0) is 11.4. The van der Waals surface area contributed by atoms with E-state index >= 15 is 0 Å². The smallest absolute Gasteiger partial charge is 0.254 e. The first-order valence-electron chi connectivity index (χ1n) is 5.01. The van der Waals surface area contributed by atoms with E-state index in [-0.39, 0.29) is 11.9 Å². The number of hydrogen-bond donors (Lipinski definition) is 2. The summed E-state index contributed by atoms with van der Waals surface area (Å²) in [7, 11) is 0. The Morgan fingerprint density at radius 2 is 2.13 bits per heavy atom. The van der Waals surface area contributed by atoms with Crippen LogP contribution in [-0.4, -0.2) is 16.9 Å². The number of aromatic amines is 1. The van der Waals surface area contributed by atoms with E-state index in [1.807, 2.05) is 6.92 Å². The van der Waals surface area contributed by atoms with Crippen molar-refractivity contribution in [3.8, 4) is 0 Å². The number of carbonyl (C=O) groups excluding carboxylic acids is 1. The van der Waals surface area contributed by atoms with Gasteiger partial charge in [0.2, 0.25) is 0 Å². The third-order valence-corrected chi connectivity index (χ3v) is 2.76. The Bertz CT molecular complexity index is 398.